The van der Waals surface area contributed by atoms with E-state index < -0.39 is 34.6 Å². The predicted molar refractivity (Wildman–Crippen MR) is 91.5 cm³/mol. The van der Waals surface area contributed by atoms with E-state index in [2.05, 4.69) is 6.58 Å². The van der Waals surface area contributed by atoms with Gasteiger partial charge in [-0.05, 0) is 54.9 Å². The zero-order valence-electron chi connectivity index (χ0n) is 15.1. The standard InChI is InChI=1S/C20H30O5/c1-10-11-4-5-12-19(3)13(18(2,9-21)7-6-14(19)22)8-15(23)20(12,16(10)24)17(11)25/h11-15,17,21-23,25H,1,4-9H2,2-3H3/t11-,12-,13+,14-,15+,17?,18+,19-,20-/m0/s1. The Bertz CT molecular complexity index is 632. The average molecular weight is 350 g/mol. The van der Waals surface area contributed by atoms with Crippen LogP contribution in [0.5, 0.6) is 0 Å². The number of hydrogen-bond acceptors (Lipinski definition) is 5. The smallest absolute Gasteiger partial charge is 0.170 e. The largest absolute Gasteiger partial charge is 0.396 e. The number of ketones is 1. The van der Waals surface area contributed by atoms with Crippen molar-refractivity contribution in [2.75, 3.05) is 6.61 Å². The molecule has 4 aliphatic rings. The Balaban J connectivity index is 1.90. The summed E-state index contributed by atoms with van der Waals surface area (Å²) in [5.74, 6) is -0.871. The summed E-state index contributed by atoms with van der Waals surface area (Å²) in [7, 11) is 0. The third-order valence-corrected chi connectivity index (χ3v) is 8.77. The second kappa shape index (κ2) is 5.16. The maximum atomic E-state index is 13.2. The SMILES string of the molecule is C=C1C(=O)[C@]23C(O)[C@H]1CC[C@H]2[C@@]1(C)[C@H](C[C@H]3O)[C@@](C)(CO)CC[C@@H]1O. The van der Waals surface area contributed by atoms with E-state index in [0.29, 0.717) is 37.7 Å². The highest BCUT2D eigenvalue weighted by Crippen LogP contribution is 2.70. The first kappa shape index (κ1) is 17.7. The van der Waals surface area contributed by atoms with Crippen molar-refractivity contribution < 1.29 is 25.2 Å². The van der Waals surface area contributed by atoms with Gasteiger partial charge in [0, 0.05) is 17.9 Å². The molecule has 1 spiro atoms. The first-order valence-electron chi connectivity index (χ1n) is 9.54. The lowest BCUT2D eigenvalue weighted by Gasteiger charge is -2.66. The van der Waals surface area contributed by atoms with Crippen LogP contribution in [0.2, 0.25) is 0 Å². The molecule has 0 aromatic heterocycles. The molecule has 4 saturated carbocycles. The normalized spacial score (nSPS) is 58.0. The molecular weight excluding hydrogens is 320 g/mol. The van der Waals surface area contributed by atoms with Crippen molar-refractivity contribution >= 4 is 5.78 Å². The number of hydrogen-bond donors (Lipinski definition) is 4. The summed E-state index contributed by atoms with van der Waals surface area (Å²) in [5.41, 5.74) is -1.80. The number of fused-ring (bicyclic) bond motifs is 3. The summed E-state index contributed by atoms with van der Waals surface area (Å²) in [6, 6.07) is 0. The van der Waals surface area contributed by atoms with Crippen molar-refractivity contribution in [1.82, 2.24) is 0 Å². The highest BCUT2D eigenvalue weighted by Gasteiger charge is 2.75. The van der Waals surface area contributed by atoms with Crippen LogP contribution in [0, 0.1) is 34.0 Å². The molecule has 0 amide bonds. The molecule has 9 atom stereocenters. The molecule has 5 heteroatoms. The molecule has 0 radical (unpaired) electrons. The van der Waals surface area contributed by atoms with Gasteiger partial charge < -0.3 is 20.4 Å². The van der Waals surface area contributed by atoms with E-state index in [1.807, 2.05) is 13.8 Å². The fourth-order valence-electron chi connectivity index (χ4n) is 7.35. The zero-order valence-corrected chi connectivity index (χ0v) is 15.1. The number of rotatable bonds is 1. The second-order valence-electron chi connectivity index (χ2n) is 9.51. The van der Waals surface area contributed by atoms with Crippen LogP contribution in [-0.2, 0) is 4.79 Å². The van der Waals surface area contributed by atoms with Gasteiger partial charge >= 0.3 is 0 Å². The molecule has 4 fully saturated rings. The Labute approximate surface area is 148 Å². The van der Waals surface area contributed by atoms with Gasteiger partial charge in [-0.2, -0.15) is 0 Å². The monoisotopic (exact) mass is 350 g/mol. The summed E-state index contributed by atoms with van der Waals surface area (Å²) in [6.45, 7) is 7.94. The van der Waals surface area contributed by atoms with Crippen molar-refractivity contribution in [1.29, 1.82) is 0 Å². The van der Waals surface area contributed by atoms with E-state index in [1.54, 1.807) is 0 Å². The van der Waals surface area contributed by atoms with Crippen molar-refractivity contribution in [2.24, 2.45) is 34.0 Å². The van der Waals surface area contributed by atoms with E-state index in [0.717, 1.165) is 0 Å². The van der Waals surface area contributed by atoms with Gasteiger partial charge in [0.1, 0.15) is 0 Å². The van der Waals surface area contributed by atoms with Crippen molar-refractivity contribution in [3.05, 3.63) is 12.2 Å². The Hall–Kier alpha value is -0.750. The van der Waals surface area contributed by atoms with Crippen molar-refractivity contribution in [3.8, 4) is 0 Å². The third kappa shape index (κ3) is 1.76. The van der Waals surface area contributed by atoms with Gasteiger partial charge in [-0.1, -0.05) is 20.4 Å². The van der Waals surface area contributed by atoms with Crippen LogP contribution in [0.25, 0.3) is 0 Å². The van der Waals surface area contributed by atoms with Crippen LogP contribution in [0.3, 0.4) is 0 Å². The Morgan fingerprint density at radius 1 is 1.08 bits per heavy atom. The van der Waals surface area contributed by atoms with E-state index in [1.165, 1.54) is 0 Å². The summed E-state index contributed by atoms with van der Waals surface area (Å²) in [5, 5.41) is 43.2. The van der Waals surface area contributed by atoms with Crippen LogP contribution in [-0.4, -0.2) is 51.1 Å². The van der Waals surface area contributed by atoms with E-state index in [-0.39, 0.29) is 30.1 Å². The van der Waals surface area contributed by atoms with Crippen molar-refractivity contribution in [3.63, 3.8) is 0 Å². The maximum Gasteiger partial charge on any atom is 0.170 e. The fourth-order valence-corrected chi connectivity index (χ4v) is 7.35. The van der Waals surface area contributed by atoms with Gasteiger partial charge in [0.25, 0.3) is 0 Å². The van der Waals surface area contributed by atoms with Gasteiger partial charge in [0.2, 0.25) is 0 Å². The van der Waals surface area contributed by atoms with Crippen LogP contribution in [0.15, 0.2) is 12.2 Å². The molecule has 2 bridgehead atoms. The van der Waals surface area contributed by atoms with E-state index in [4.69, 9.17) is 0 Å². The average Bonchev–Trinajstić information content (AvgIpc) is 2.70. The maximum absolute atomic E-state index is 13.2. The Kier molecular flexibility index (Phi) is 3.64. The molecule has 5 nitrogen and oxygen atoms in total. The summed E-state index contributed by atoms with van der Waals surface area (Å²) in [4.78, 5) is 13.2. The van der Waals surface area contributed by atoms with E-state index in [9.17, 15) is 25.2 Å². The molecule has 4 aliphatic carbocycles. The van der Waals surface area contributed by atoms with Gasteiger partial charge in [-0.15, -0.1) is 0 Å². The lowest BCUT2D eigenvalue weighted by atomic mass is 9.39. The molecule has 0 heterocycles. The number of aliphatic hydroxyl groups is 4. The Morgan fingerprint density at radius 3 is 2.40 bits per heavy atom. The number of Topliss-reactive ketones (excluding diaryl/α,β-unsaturated/α-hetero) is 1. The molecule has 1 unspecified atom stereocenters. The molecule has 0 aliphatic heterocycles. The first-order chi connectivity index (χ1) is 11.7. The molecule has 25 heavy (non-hydrogen) atoms. The summed E-state index contributed by atoms with van der Waals surface area (Å²) in [6.07, 6.45) is 0.459. The molecule has 0 aromatic rings. The van der Waals surface area contributed by atoms with Gasteiger partial charge in [-0.3, -0.25) is 4.79 Å². The lowest BCUT2D eigenvalue weighted by molar-refractivity contribution is -0.256. The highest BCUT2D eigenvalue weighted by molar-refractivity contribution is 6.04. The Morgan fingerprint density at radius 2 is 1.76 bits per heavy atom. The zero-order chi connectivity index (χ0) is 18.4. The number of carbonyl (C=O) groups excluding carboxylic acids is 1. The highest BCUT2D eigenvalue weighted by atomic mass is 16.3. The lowest BCUT2D eigenvalue weighted by Crippen LogP contribution is -2.70. The van der Waals surface area contributed by atoms with Crippen LogP contribution in [0.1, 0.15) is 46.0 Å². The molecule has 4 N–H and O–H groups in total. The van der Waals surface area contributed by atoms with Crippen LogP contribution >= 0.6 is 0 Å². The van der Waals surface area contributed by atoms with E-state index >= 15 is 0 Å². The van der Waals surface area contributed by atoms with Crippen molar-refractivity contribution in [2.45, 2.75) is 64.3 Å². The predicted octanol–water partition coefficient (Wildman–Crippen LogP) is 1.04. The quantitative estimate of drug-likeness (QED) is 0.530. The van der Waals surface area contributed by atoms with Crippen LogP contribution in [0.4, 0.5) is 0 Å². The summed E-state index contributed by atoms with van der Waals surface area (Å²) < 4.78 is 0. The minimum atomic E-state index is -1.24. The third-order valence-electron chi connectivity index (χ3n) is 8.77. The molecule has 0 aromatic carbocycles. The minimum Gasteiger partial charge on any atom is -0.396 e. The first-order valence-corrected chi connectivity index (χ1v) is 9.54. The van der Waals surface area contributed by atoms with Gasteiger partial charge in [0.15, 0.2) is 5.78 Å². The number of carbonyl (C=O) groups is 1. The molecular formula is C20H30O5. The minimum absolute atomic E-state index is 0.00174. The number of aliphatic hydroxyl groups excluding tert-OH is 4. The molecule has 140 valence electrons. The molecule has 4 rings (SSSR count). The topological polar surface area (TPSA) is 98.0 Å². The van der Waals surface area contributed by atoms with Gasteiger partial charge in [-0.25, -0.2) is 0 Å². The molecule has 0 saturated heterocycles. The second-order valence-corrected chi connectivity index (χ2v) is 9.51. The fraction of sp³-hybridized carbons (Fsp3) is 0.850. The van der Waals surface area contributed by atoms with Crippen LogP contribution < -0.4 is 0 Å². The summed E-state index contributed by atoms with van der Waals surface area (Å²) >= 11 is 0. The van der Waals surface area contributed by atoms with Gasteiger partial charge in [0.05, 0.1) is 23.7 Å².